The third kappa shape index (κ3) is 8.37. The first-order chi connectivity index (χ1) is 21.4. The summed E-state index contributed by atoms with van der Waals surface area (Å²) in [7, 11) is 0. The minimum Gasteiger partial charge on any atom is -0.462 e. The van der Waals surface area contributed by atoms with Crippen LogP contribution in [0, 0.1) is 11.3 Å². The predicted molar refractivity (Wildman–Crippen MR) is 170 cm³/mol. The van der Waals surface area contributed by atoms with Crippen LogP contribution in [0.5, 0.6) is 0 Å². The van der Waals surface area contributed by atoms with Gasteiger partial charge in [0.25, 0.3) is 0 Å². The van der Waals surface area contributed by atoms with Gasteiger partial charge in [0.15, 0.2) is 0 Å². The molecule has 0 fully saturated rings. The van der Waals surface area contributed by atoms with E-state index < -0.39 is 17.9 Å². The number of allylic oxidation sites excluding steroid dienone is 1. The van der Waals surface area contributed by atoms with E-state index in [1.807, 2.05) is 55.5 Å². The molecule has 44 heavy (non-hydrogen) atoms. The van der Waals surface area contributed by atoms with E-state index in [1.54, 1.807) is 25.1 Å². The van der Waals surface area contributed by atoms with Crippen LogP contribution < -0.4 is 5.32 Å². The summed E-state index contributed by atoms with van der Waals surface area (Å²) in [5.74, 6) is -1.99. The van der Waals surface area contributed by atoms with E-state index in [1.165, 1.54) is 0 Å². The van der Waals surface area contributed by atoms with Crippen molar-refractivity contribution in [1.29, 1.82) is 5.26 Å². The van der Waals surface area contributed by atoms with Crippen LogP contribution in [0.15, 0.2) is 107 Å². The highest BCUT2D eigenvalue weighted by Crippen LogP contribution is 2.40. The van der Waals surface area contributed by atoms with Crippen LogP contribution >= 0.6 is 11.6 Å². The summed E-state index contributed by atoms with van der Waals surface area (Å²) in [6.45, 7) is 4.46. The first-order valence-corrected chi connectivity index (χ1v) is 15.2. The number of halogens is 1. The first kappa shape index (κ1) is 32.5. The maximum Gasteiger partial charge on any atom is 0.336 e. The standard InChI is InChI=1S/C36H37ClN2O5/c1-3-20-42-24-31-34(36(41)44-22-18-30(26-12-6-4-7-13-26)27-14-8-5-9-15-27)33(28-16-10-17-29(37)23-28)32(25(2)39-31)35(40)43-21-11-19-38/h4-10,12-17,23,30,33,39H,3,11,18,20-22,24H2,1-2H3. The number of rotatable bonds is 14. The minimum absolute atomic E-state index is 0.0209. The van der Waals surface area contributed by atoms with E-state index in [0.717, 1.165) is 17.5 Å². The molecule has 0 bridgehead atoms. The second kappa shape index (κ2) is 16.5. The van der Waals surface area contributed by atoms with Gasteiger partial charge < -0.3 is 19.5 Å². The number of hydrogen-bond acceptors (Lipinski definition) is 7. The molecule has 1 heterocycles. The van der Waals surface area contributed by atoms with E-state index in [9.17, 15) is 9.59 Å². The number of hydrogen-bond donors (Lipinski definition) is 1. The maximum absolute atomic E-state index is 14.1. The fraction of sp³-hybridized carbons (Fsp3) is 0.306. The molecule has 0 saturated heterocycles. The van der Waals surface area contributed by atoms with Gasteiger partial charge >= 0.3 is 11.9 Å². The summed E-state index contributed by atoms with van der Waals surface area (Å²) < 4.78 is 17.3. The van der Waals surface area contributed by atoms with Crippen molar-refractivity contribution in [2.45, 2.75) is 44.9 Å². The van der Waals surface area contributed by atoms with Gasteiger partial charge in [-0.25, -0.2) is 9.59 Å². The zero-order valence-electron chi connectivity index (χ0n) is 25.1. The summed E-state index contributed by atoms with van der Waals surface area (Å²) in [6, 6.07) is 29.3. The smallest absolute Gasteiger partial charge is 0.336 e. The quantitative estimate of drug-likeness (QED) is 0.152. The van der Waals surface area contributed by atoms with Crippen molar-refractivity contribution < 1.29 is 23.8 Å². The topological polar surface area (TPSA) is 97.7 Å². The van der Waals surface area contributed by atoms with Crippen LogP contribution in [0.3, 0.4) is 0 Å². The Labute approximate surface area is 264 Å². The number of esters is 2. The second-order valence-corrected chi connectivity index (χ2v) is 10.9. The minimum atomic E-state index is -0.823. The number of nitrogens with one attached hydrogen (secondary N) is 1. The molecule has 1 atom stereocenters. The highest BCUT2D eigenvalue weighted by Gasteiger charge is 2.39. The van der Waals surface area contributed by atoms with Gasteiger partial charge in [0.05, 0.1) is 48.5 Å². The molecule has 4 rings (SSSR count). The zero-order valence-corrected chi connectivity index (χ0v) is 25.8. The van der Waals surface area contributed by atoms with Crippen molar-refractivity contribution in [2.75, 3.05) is 26.4 Å². The van der Waals surface area contributed by atoms with Crippen molar-refractivity contribution in [3.63, 3.8) is 0 Å². The monoisotopic (exact) mass is 612 g/mol. The Balaban J connectivity index is 1.67. The fourth-order valence-corrected chi connectivity index (χ4v) is 5.57. The van der Waals surface area contributed by atoms with Crippen LogP contribution in [0.2, 0.25) is 5.02 Å². The molecule has 0 aliphatic carbocycles. The van der Waals surface area contributed by atoms with Crippen LogP contribution in [0.1, 0.15) is 61.6 Å². The van der Waals surface area contributed by atoms with Gasteiger partial charge in [-0.15, -0.1) is 0 Å². The fourth-order valence-electron chi connectivity index (χ4n) is 5.37. The van der Waals surface area contributed by atoms with Crippen molar-refractivity contribution in [3.8, 4) is 6.07 Å². The van der Waals surface area contributed by atoms with Crippen LogP contribution in [0.4, 0.5) is 0 Å². The number of dihydropyridines is 1. The zero-order chi connectivity index (χ0) is 31.3. The Bertz CT molecular complexity index is 1490. The molecule has 0 spiro atoms. The van der Waals surface area contributed by atoms with Gasteiger partial charge in [0, 0.05) is 23.2 Å². The molecule has 7 nitrogen and oxygen atoms in total. The summed E-state index contributed by atoms with van der Waals surface area (Å²) >= 11 is 6.39. The Morgan fingerprint density at radius 1 is 0.886 bits per heavy atom. The Morgan fingerprint density at radius 2 is 1.52 bits per heavy atom. The highest BCUT2D eigenvalue weighted by atomic mass is 35.5. The van der Waals surface area contributed by atoms with E-state index in [2.05, 4.69) is 29.6 Å². The molecule has 1 unspecified atom stereocenters. The average Bonchev–Trinajstić information content (AvgIpc) is 3.03. The summed E-state index contributed by atoms with van der Waals surface area (Å²) in [5.41, 5.74) is 4.44. The first-order valence-electron chi connectivity index (χ1n) is 14.8. The number of benzene rings is 3. The third-order valence-corrected chi connectivity index (χ3v) is 7.59. The van der Waals surface area contributed by atoms with E-state index in [4.69, 9.17) is 31.1 Å². The lowest BCUT2D eigenvalue weighted by molar-refractivity contribution is -0.140. The maximum atomic E-state index is 14.1. The molecule has 0 amide bonds. The van der Waals surface area contributed by atoms with Crippen molar-refractivity contribution >= 4 is 23.5 Å². The molecule has 1 aliphatic heterocycles. The highest BCUT2D eigenvalue weighted by molar-refractivity contribution is 6.30. The van der Waals surface area contributed by atoms with Crippen molar-refractivity contribution in [1.82, 2.24) is 5.32 Å². The molecule has 1 N–H and O–H groups in total. The van der Waals surface area contributed by atoms with Gasteiger partial charge in [-0.3, -0.25) is 0 Å². The number of ether oxygens (including phenoxy) is 3. The molecular formula is C36H37ClN2O5. The molecule has 0 aromatic heterocycles. The normalized spacial score (nSPS) is 14.7. The molecule has 228 valence electrons. The molecular weight excluding hydrogens is 576 g/mol. The number of carbonyl (C=O) groups is 2. The Kier molecular flexibility index (Phi) is 12.2. The van der Waals surface area contributed by atoms with Crippen LogP contribution in [-0.4, -0.2) is 38.4 Å². The number of nitrogens with zero attached hydrogens (tertiary/aromatic N) is 1. The lowest BCUT2D eigenvalue weighted by atomic mass is 9.80. The summed E-state index contributed by atoms with van der Waals surface area (Å²) in [4.78, 5) is 27.5. The Morgan fingerprint density at radius 3 is 2.14 bits per heavy atom. The second-order valence-electron chi connectivity index (χ2n) is 10.4. The molecule has 8 heteroatoms. The van der Waals surface area contributed by atoms with E-state index >= 15 is 0 Å². The van der Waals surface area contributed by atoms with E-state index in [-0.39, 0.29) is 43.3 Å². The number of nitriles is 1. The average molecular weight is 613 g/mol. The van der Waals surface area contributed by atoms with Crippen molar-refractivity contribution in [3.05, 3.63) is 129 Å². The molecule has 0 saturated carbocycles. The van der Waals surface area contributed by atoms with Gasteiger partial charge in [0.2, 0.25) is 0 Å². The lowest BCUT2D eigenvalue weighted by Gasteiger charge is -2.31. The molecule has 3 aromatic carbocycles. The lowest BCUT2D eigenvalue weighted by Crippen LogP contribution is -2.35. The van der Waals surface area contributed by atoms with Crippen LogP contribution in [0.25, 0.3) is 0 Å². The third-order valence-electron chi connectivity index (χ3n) is 7.35. The predicted octanol–water partition coefficient (Wildman–Crippen LogP) is 7.20. The summed E-state index contributed by atoms with van der Waals surface area (Å²) in [6.07, 6.45) is 1.41. The summed E-state index contributed by atoms with van der Waals surface area (Å²) in [5, 5.41) is 12.6. The Hall–Kier alpha value is -4.38. The van der Waals surface area contributed by atoms with E-state index in [0.29, 0.717) is 35.0 Å². The van der Waals surface area contributed by atoms with Gasteiger partial charge in [-0.2, -0.15) is 5.26 Å². The molecule has 3 aromatic rings. The van der Waals surface area contributed by atoms with Gasteiger partial charge in [-0.1, -0.05) is 91.3 Å². The van der Waals surface area contributed by atoms with Crippen LogP contribution in [-0.2, 0) is 23.8 Å². The number of carbonyl (C=O) groups excluding carboxylic acids is 2. The SMILES string of the molecule is CCCOCC1=C(C(=O)OCCC(c2ccccc2)c2ccccc2)C(c2cccc(Cl)c2)C(C(=O)OCCC#N)=C(C)N1. The van der Waals surface area contributed by atoms with Crippen molar-refractivity contribution in [2.24, 2.45) is 0 Å². The molecule has 1 aliphatic rings. The molecule has 0 radical (unpaired) electrons. The van der Waals surface area contributed by atoms with Gasteiger partial charge in [0.1, 0.15) is 6.61 Å². The largest absolute Gasteiger partial charge is 0.462 e. The van der Waals surface area contributed by atoms with Gasteiger partial charge in [-0.05, 0) is 48.6 Å².